The van der Waals surface area contributed by atoms with Crippen molar-refractivity contribution in [3.05, 3.63) is 48.5 Å². The van der Waals surface area contributed by atoms with Crippen molar-refractivity contribution in [2.75, 3.05) is 0 Å². The van der Waals surface area contributed by atoms with Gasteiger partial charge in [-0.15, -0.1) is 0 Å². The van der Waals surface area contributed by atoms with Crippen LogP contribution in [-0.2, 0) is 12.7 Å². The summed E-state index contributed by atoms with van der Waals surface area (Å²) in [6.07, 6.45) is 1.84. The molecule has 0 bridgehead atoms. The highest BCUT2D eigenvalue weighted by Gasteiger charge is 2.31. The molecule has 26 heavy (non-hydrogen) atoms. The van der Waals surface area contributed by atoms with Gasteiger partial charge in [0.2, 0.25) is 0 Å². The van der Waals surface area contributed by atoms with Crippen molar-refractivity contribution in [3.8, 4) is 22.6 Å². The molecule has 0 amide bonds. The van der Waals surface area contributed by atoms with Crippen LogP contribution < -0.4 is 0 Å². The number of aromatic nitrogens is 6. The van der Waals surface area contributed by atoms with Crippen LogP contribution in [-0.4, -0.2) is 29.9 Å². The van der Waals surface area contributed by atoms with Gasteiger partial charge in [0.25, 0.3) is 0 Å². The third kappa shape index (κ3) is 2.81. The number of halogens is 3. The zero-order valence-corrected chi connectivity index (χ0v) is 13.6. The van der Waals surface area contributed by atoms with Crippen LogP contribution in [0.25, 0.3) is 33.5 Å². The molecular weight excluding hydrogens is 345 g/mol. The maximum Gasteiger partial charge on any atom is 0.416 e. The van der Waals surface area contributed by atoms with Crippen LogP contribution in [0.5, 0.6) is 0 Å². The molecule has 0 atom stereocenters. The summed E-state index contributed by atoms with van der Waals surface area (Å²) in [5.74, 6) is 0. The van der Waals surface area contributed by atoms with Crippen LogP contribution in [0.15, 0.2) is 43.0 Å². The molecule has 4 rings (SSSR count). The van der Waals surface area contributed by atoms with E-state index in [1.54, 1.807) is 23.1 Å². The predicted molar refractivity (Wildman–Crippen MR) is 89.0 cm³/mol. The number of hydrogen-bond acceptors (Lipinski definition) is 4. The van der Waals surface area contributed by atoms with Gasteiger partial charge in [0.05, 0.1) is 34.9 Å². The molecule has 4 aromatic heterocycles. The Balaban J connectivity index is 1.83. The van der Waals surface area contributed by atoms with Crippen molar-refractivity contribution in [2.45, 2.75) is 19.6 Å². The molecule has 4 heterocycles. The maximum atomic E-state index is 13.0. The van der Waals surface area contributed by atoms with Crippen molar-refractivity contribution >= 4 is 10.9 Å². The summed E-state index contributed by atoms with van der Waals surface area (Å²) in [5.41, 5.74) is 1.82. The van der Waals surface area contributed by atoms with Crippen LogP contribution in [0, 0.1) is 0 Å². The standard InChI is InChI=1S/C17H13F3N6/c1-2-26-9-10(7-23-26)13-6-12-15(8-22-13)24-25-16(12)14-5-11(3-4-21-14)17(18,19)20/h3-9H,2H2,1H3,(H,24,25). The second-order valence-corrected chi connectivity index (χ2v) is 5.70. The summed E-state index contributed by atoms with van der Waals surface area (Å²) < 4.78 is 40.7. The molecule has 0 saturated heterocycles. The van der Waals surface area contributed by atoms with Crippen LogP contribution in [0.4, 0.5) is 13.2 Å². The third-order valence-electron chi connectivity index (χ3n) is 4.03. The lowest BCUT2D eigenvalue weighted by molar-refractivity contribution is -0.137. The quantitative estimate of drug-likeness (QED) is 0.602. The average molecular weight is 358 g/mol. The first-order valence-corrected chi connectivity index (χ1v) is 7.86. The number of alkyl halides is 3. The number of hydrogen-bond donors (Lipinski definition) is 1. The number of nitrogens with zero attached hydrogens (tertiary/aromatic N) is 5. The molecule has 0 fully saturated rings. The molecule has 0 saturated carbocycles. The largest absolute Gasteiger partial charge is 0.416 e. The van der Waals surface area contributed by atoms with E-state index in [1.807, 2.05) is 13.1 Å². The Bertz CT molecular complexity index is 1080. The van der Waals surface area contributed by atoms with Crippen LogP contribution in [0.1, 0.15) is 12.5 Å². The molecule has 0 unspecified atom stereocenters. The number of aromatic amines is 1. The minimum Gasteiger partial charge on any atom is -0.276 e. The molecule has 0 radical (unpaired) electrons. The molecule has 0 aliphatic rings. The number of fused-ring (bicyclic) bond motifs is 1. The lowest BCUT2D eigenvalue weighted by Crippen LogP contribution is -2.05. The molecule has 132 valence electrons. The van der Waals surface area contributed by atoms with Gasteiger partial charge in [0, 0.05) is 29.9 Å². The van der Waals surface area contributed by atoms with E-state index in [0.717, 1.165) is 30.4 Å². The van der Waals surface area contributed by atoms with Crippen LogP contribution >= 0.6 is 0 Å². The van der Waals surface area contributed by atoms with Gasteiger partial charge in [-0.25, -0.2) is 0 Å². The summed E-state index contributed by atoms with van der Waals surface area (Å²) >= 11 is 0. The Labute approximate surface area is 145 Å². The average Bonchev–Trinajstić information content (AvgIpc) is 3.27. The van der Waals surface area contributed by atoms with E-state index < -0.39 is 11.7 Å². The molecule has 0 aliphatic carbocycles. The van der Waals surface area contributed by atoms with Crippen LogP contribution in [0.3, 0.4) is 0 Å². The molecule has 6 nitrogen and oxygen atoms in total. The van der Waals surface area contributed by atoms with Gasteiger partial charge in [-0.2, -0.15) is 23.4 Å². The van der Waals surface area contributed by atoms with Crippen molar-refractivity contribution in [1.82, 2.24) is 29.9 Å². The number of H-pyrrole nitrogens is 1. The molecule has 4 aromatic rings. The van der Waals surface area contributed by atoms with Gasteiger partial charge < -0.3 is 0 Å². The van der Waals surface area contributed by atoms with Gasteiger partial charge in [0.15, 0.2) is 0 Å². The van der Waals surface area contributed by atoms with E-state index in [9.17, 15) is 13.2 Å². The number of rotatable bonds is 3. The molecule has 9 heteroatoms. The summed E-state index contributed by atoms with van der Waals surface area (Å²) in [5, 5.41) is 11.8. The first kappa shape index (κ1) is 16.2. The lowest BCUT2D eigenvalue weighted by atomic mass is 10.1. The van der Waals surface area contributed by atoms with Gasteiger partial charge in [0.1, 0.15) is 5.69 Å². The van der Waals surface area contributed by atoms with E-state index in [4.69, 9.17) is 0 Å². The summed E-state index contributed by atoms with van der Waals surface area (Å²) in [4.78, 5) is 8.41. The fourth-order valence-corrected chi connectivity index (χ4v) is 2.68. The Morgan fingerprint density at radius 2 is 1.96 bits per heavy atom. The summed E-state index contributed by atoms with van der Waals surface area (Å²) in [6.45, 7) is 2.70. The van der Waals surface area contributed by atoms with Gasteiger partial charge >= 0.3 is 6.18 Å². The van der Waals surface area contributed by atoms with E-state index in [0.29, 0.717) is 22.3 Å². The molecule has 0 aromatic carbocycles. The highest BCUT2D eigenvalue weighted by Crippen LogP contribution is 2.33. The molecule has 1 N–H and O–H groups in total. The third-order valence-corrected chi connectivity index (χ3v) is 4.03. The first-order valence-electron chi connectivity index (χ1n) is 7.86. The zero-order chi connectivity index (χ0) is 18.3. The van der Waals surface area contributed by atoms with Crippen molar-refractivity contribution in [1.29, 1.82) is 0 Å². The summed E-state index contributed by atoms with van der Waals surface area (Å²) in [7, 11) is 0. The Morgan fingerprint density at radius 3 is 2.69 bits per heavy atom. The first-order chi connectivity index (χ1) is 12.5. The van der Waals surface area contributed by atoms with Gasteiger partial charge in [-0.1, -0.05) is 0 Å². The fourth-order valence-electron chi connectivity index (χ4n) is 2.68. The Morgan fingerprint density at radius 1 is 1.12 bits per heavy atom. The highest BCUT2D eigenvalue weighted by atomic mass is 19.4. The molecule has 0 aliphatic heterocycles. The van der Waals surface area contributed by atoms with E-state index in [2.05, 4.69) is 25.3 Å². The second kappa shape index (κ2) is 5.94. The maximum absolute atomic E-state index is 13.0. The van der Waals surface area contributed by atoms with Crippen molar-refractivity contribution in [3.63, 3.8) is 0 Å². The van der Waals surface area contributed by atoms with Crippen molar-refractivity contribution in [2.24, 2.45) is 0 Å². The van der Waals surface area contributed by atoms with Crippen molar-refractivity contribution < 1.29 is 13.2 Å². The monoisotopic (exact) mass is 358 g/mol. The minimum atomic E-state index is -4.44. The fraction of sp³-hybridized carbons (Fsp3) is 0.176. The normalized spacial score (nSPS) is 12.0. The highest BCUT2D eigenvalue weighted by molar-refractivity contribution is 5.93. The number of pyridine rings is 2. The van der Waals surface area contributed by atoms with Gasteiger partial charge in [-0.05, 0) is 25.1 Å². The molecule has 0 spiro atoms. The SMILES string of the molecule is CCn1cc(-c2cc3c(-c4cc(C(F)(F)F)ccn4)n[nH]c3cn2)cn1. The Kier molecular flexibility index (Phi) is 3.71. The smallest absolute Gasteiger partial charge is 0.276 e. The topological polar surface area (TPSA) is 72.3 Å². The van der Waals surface area contributed by atoms with E-state index in [-0.39, 0.29) is 5.69 Å². The summed E-state index contributed by atoms with van der Waals surface area (Å²) in [6, 6.07) is 3.70. The van der Waals surface area contributed by atoms with E-state index in [1.165, 1.54) is 0 Å². The number of aryl methyl sites for hydroxylation is 1. The molecular formula is C17H13F3N6. The lowest BCUT2D eigenvalue weighted by Gasteiger charge is -2.07. The predicted octanol–water partition coefficient (Wildman–Crippen LogP) is 3.92. The Hall–Kier alpha value is -3.23. The minimum absolute atomic E-state index is 0.146. The number of nitrogens with one attached hydrogen (secondary N) is 1. The van der Waals surface area contributed by atoms with Gasteiger partial charge in [-0.3, -0.25) is 19.7 Å². The zero-order valence-electron chi connectivity index (χ0n) is 13.6. The second-order valence-electron chi connectivity index (χ2n) is 5.70. The van der Waals surface area contributed by atoms with E-state index >= 15 is 0 Å². The van der Waals surface area contributed by atoms with Crippen LogP contribution in [0.2, 0.25) is 0 Å².